The number of hydrogen-bond acceptors (Lipinski definition) is 4. The van der Waals surface area contributed by atoms with Crippen LogP contribution < -0.4 is 4.90 Å². The van der Waals surface area contributed by atoms with Crippen LogP contribution in [-0.2, 0) is 0 Å². The quantitative estimate of drug-likeness (QED) is 0.837. The Morgan fingerprint density at radius 1 is 1.37 bits per heavy atom. The molecule has 0 bridgehead atoms. The summed E-state index contributed by atoms with van der Waals surface area (Å²) >= 11 is 5.76. The van der Waals surface area contributed by atoms with Crippen molar-refractivity contribution in [1.29, 1.82) is 0 Å². The molecule has 1 aromatic heterocycles. The smallest absolute Gasteiger partial charge is 0.352 e. The number of halogens is 4. The first-order valence-electron chi connectivity index (χ1n) is 5.88. The molecule has 8 heteroatoms. The van der Waals surface area contributed by atoms with E-state index in [4.69, 9.17) is 11.6 Å². The van der Waals surface area contributed by atoms with Crippen LogP contribution in [0.1, 0.15) is 6.92 Å². The molecule has 0 saturated carbocycles. The second-order valence-corrected chi connectivity index (χ2v) is 4.97. The number of piperazine rings is 1. The van der Waals surface area contributed by atoms with Crippen LogP contribution in [0.2, 0.25) is 5.15 Å². The summed E-state index contributed by atoms with van der Waals surface area (Å²) in [5.41, 5.74) is 0. The van der Waals surface area contributed by atoms with Crippen LogP contribution in [0.4, 0.5) is 19.0 Å². The molecule has 1 saturated heterocycles. The zero-order chi connectivity index (χ0) is 14.0. The topological polar surface area (TPSA) is 32.3 Å². The molecule has 106 valence electrons. The summed E-state index contributed by atoms with van der Waals surface area (Å²) in [4.78, 5) is 11.4. The molecule has 0 aliphatic carbocycles. The molecule has 0 N–H and O–H groups in total. The average molecular weight is 295 g/mol. The number of rotatable bonds is 2. The standard InChI is InChI=1S/C11H14ClF3N4/c1-8-6-18(10-5-16-4-9(12)17-10)2-3-19(8)7-11(13,14)15/h4-5,8H,2-3,6-7H2,1H3. The van der Waals surface area contributed by atoms with Crippen molar-refractivity contribution in [2.24, 2.45) is 0 Å². The Morgan fingerprint density at radius 2 is 2.11 bits per heavy atom. The van der Waals surface area contributed by atoms with Gasteiger partial charge in [-0.1, -0.05) is 11.6 Å². The van der Waals surface area contributed by atoms with Gasteiger partial charge in [0.15, 0.2) is 0 Å². The van der Waals surface area contributed by atoms with Gasteiger partial charge in [0.1, 0.15) is 11.0 Å². The van der Waals surface area contributed by atoms with Gasteiger partial charge in [-0.2, -0.15) is 13.2 Å². The molecule has 0 radical (unpaired) electrons. The minimum absolute atomic E-state index is 0.198. The lowest BCUT2D eigenvalue weighted by molar-refractivity contribution is -0.150. The maximum atomic E-state index is 12.4. The largest absolute Gasteiger partial charge is 0.401 e. The molecule has 1 aliphatic rings. The highest BCUT2D eigenvalue weighted by Crippen LogP contribution is 2.22. The summed E-state index contributed by atoms with van der Waals surface area (Å²) in [6, 6.07) is -0.198. The van der Waals surface area contributed by atoms with E-state index in [9.17, 15) is 13.2 Å². The van der Waals surface area contributed by atoms with E-state index in [-0.39, 0.29) is 11.2 Å². The van der Waals surface area contributed by atoms with Gasteiger partial charge in [0, 0.05) is 25.7 Å². The van der Waals surface area contributed by atoms with Crippen LogP contribution in [-0.4, -0.2) is 53.3 Å². The van der Waals surface area contributed by atoms with Crippen molar-refractivity contribution in [3.05, 3.63) is 17.5 Å². The predicted molar refractivity (Wildman–Crippen MR) is 66.3 cm³/mol. The highest BCUT2D eigenvalue weighted by atomic mass is 35.5. The van der Waals surface area contributed by atoms with Crippen molar-refractivity contribution in [2.45, 2.75) is 19.1 Å². The summed E-state index contributed by atoms with van der Waals surface area (Å²) in [5, 5.41) is 0.280. The number of aromatic nitrogens is 2. The Labute approximate surface area is 114 Å². The number of alkyl halides is 3. The molecule has 2 heterocycles. The molecule has 19 heavy (non-hydrogen) atoms. The van der Waals surface area contributed by atoms with Gasteiger partial charge in [0.25, 0.3) is 0 Å². The fourth-order valence-electron chi connectivity index (χ4n) is 2.15. The van der Waals surface area contributed by atoms with Gasteiger partial charge in [-0.05, 0) is 6.92 Å². The van der Waals surface area contributed by atoms with E-state index in [0.29, 0.717) is 25.5 Å². The van der Waals surface area contributed by atoms with Gasteiger partial charge < -0.3 is 4.90 Å². The first-order valence-corrected chi connectivity index (χ1v) is 6.26. The first-order chi connectivity index (χ1) is 8.85. The van der Waals surface area contributed by atoms with Crippen molar-refractivity contribution in [1.82, 2.24) is 14.9 Å². The third kappa shape index (κ3) is 3.94. The van der Waals surface area contributed by atoms with Gasteiger partial charge in [-0.15, -0.1) is 0 Å². The Kier molecular flexibility index (Phi) is 4.15. The van der Waals surface area contributed by atoms with Crippen molar-refractivity contribution in [2.75, 3.05) is 31.1 Å². The second-order valence-electron chi connectivity index (χ2n) is 4.58. The Bertz CT molecular complexity index is 440. The molecule has 1 atom stereocenters. The predicted octanol–water partition coefficient (Wildman–Crippen LogP) is 2.20. The fourth-order valence-corrected chi connectivity index (χ4v) is 2.30. The monoisotopic (exact) mass is 294 g/mol. The summed E-state index contributed by atoms with van der Waals surface area (Å²) in [7, 11) is 0. The van der Waals surface area contributed by atoms with E-state index in [2.05, 4.69) is 9.97 Å². The number of hydrogen-bond donors (Lipinski definition) is 0. The van der Waals surface area contributed by atoms with E-state index in [1.54, 1.807) is 13.1 Å². The molecular weight excluding hydrogens is 281 g/mol. The molecule has 1 aromatic rings. The molecule has 1 unspecified atom stereocenters. The Balaban J connectivity index is 2.00. The molecular formula is C11H14ClF3N4. The van der Waals surface area contributed by atoms with E-state index in [1.165, 1.54) is 11.1 Å². The Morgan fingerprint density at radius 3 is 2.68 bits per heavy atom. The summed E-state index contributed by atoms with van der Waals surface area (Å²) in [5.74, 6) is 0.603. The van der Waals surface area contributed by atoms with E-state index in [0.717, 1.165) is 0 Å². The average Bonchev–Trinajstić information content (AvgIpc) is 2.30. The third-order valence-corrected chi connectivity index (χ3v) is 3.25. The normalized spacial score (nSPS) is 21.7. The Hall–Kier alpha value is -1.08. The number of anilines is 1. The van der Waals surface area contributed by atoms with Crippen LogP contribution in [0.25, 0.3) is 0 Å². The summed E-state index contributed by atoms with van der Waals surface area (Å²) in [6.45, 7) is 2.20. The second kappa shape index (κ2) is 5.50. The van der Waals surface area contributed by atoms with Crippen molar-refractivity contribution in [3.8, 4) is 0 Å². The van der Waals surface area contributed by atoms with Gasteiger partial charge >= 0.3 is 6.18 Å². The molecule has 0 spiro atoms. The van der Waals surface area contributed by atoms with Gasteiger partial charge in [0.05, 0.1) is 18.9 Å². The van der Waals surface area contributed by atoms with Crippen LogP contribution >= 0.6 is 11.6 Å². The lowest BCUT2D eigenvalue weighted by atomic mass is 10.2. The highest BCUT2D eigenvalue weighted by molar-refractivity contribution is 6.29. The maximum absolute atomic E-state index is 12.4. The zero-order valence-electron chi connectivity index (χ0n) is 10.4. The molecule has 1 fully saturated rings. The maximum Gasteiger partial charge on any atom is 0.401 e. The summed E-state index contributed by atoms with van der Waals surface area (Å²) < 4.78 is 37.2. The minimum Gasteiger partial charge on any atom is -0.352 e. The van der Waals surface area contributed by atoms with E-state index in [1.807, 2.05) is 4.90 Å². The number of nitrogens with zero attached hydrogens (tertiary/aromatic N) is 4. The molecule has 0 amide bonds. The van der Waals surface area contributed by atoms with Crippen LogP contribution in [0, 0.1) is 0 Å². The van der Waals surface area contributed by atoms with Crippen LogP contribution in [0.3, 0.4) is 0 Å². The third-order valence-electron chi connectivity index (χ3n) is 3.06. The highest BCUT2D eigenvalue weighted by Gasteiger charge is 2.35. The van der Waals surface area contributed by atoms with Crippen LogP contribution in [0.15, 0.2) is 12.4 Å². The molecule has 2 rings (SSSR count). The fraction of sp³-hybridized carbons (Fsp3) is 0.636. The molecule has 4 nitrogen and oxygen atoms in total. The van der Waals surface area contributed by atoms with E-state index >= 15 is 0 Å². The molecule has 0 aromatic carbocycles. The van der Waals surface area contributed by atoms with Gasteiger partial charge in [-0.25, -0.2) is 4.98 Å². The molecule has 1 aliphatic heterocycles. The van der Waals surface area contributed by atoms with E-state index < -0.39 is 12.7 Å². The summed E-state index contributed by atoms with van der Waals surface area (Å²) in [6.07, 6.45) is -1.17. The van der Waals surface area contributed by atoms with Crippen LogP contribution in [0.5, 0.6) is 0 Å². The van der Waals surface area contributed by atoms with Gasteiger partial charge in [-0.3, -0.25) is 9.88 Å². The first kappa shape index (κ1) is 14.3. The minimum atomic E-state index is -4.16. The van der Waals surface area contributed by atoms with Crippen molar-refractivity contribution in [3.63, 3.8) is 0 Å². The SMILES string of the molecule is CC1CN(c2cncc(Cl)n2)CCN1CC(F)(F)F. The van der Waals surface area contributed by atoms with Gasteiger partial charge in [0.2, 0.25) is 0 Å². The zero-order valence-corrected chi connectivity index (χ0v) is 11.1. The van der Waals surface area contributed by atoms with Crippen molar-refractivity contribution < 1.29 is 13.2 Å². The van der Waals surface area contributed by atoms with Crippen molar-refractivity contribution >= 4 is 17.4 Å². The lowest BCUT2D eigenvalue weighted by Crippen LogP contribution is -2.54. The lowest BCUT2D eigenvalue weighted by Gasteiger charge is -2.40.